The molecule has 0 radical (unpaired) electrons. The topological polar surface area (TPSA) is 113 Å². The summed E-state index contributed by atoms with van der Waals surface area (Å²) in [5.74, 6) is -2.49. The average molecular weight is 326 g/mol. The van der Waals surface area contributed by atoms with Crippen molar-refractivity contribution in [2.45, 2.75) is 59.2 Å². The number of hydrogen-bond donors (Lipinski definition) is 2. The minimum Gasteiger partial charge on any atom is -0.478 e. The fourth-order valence-corrected chi connectivity index (χ4v) is 2.03. The zero-order valence-corrected chi connectivity index (χ0v) is 14.1. The van der Waals surface area contributed by atoms with Crippen LogP contribution < -0.4 is 5.32 Å². The van der Waals surface area contributed by atoms with Crippen molar-refractivity contribution in [3.05, 3.63) is 11.1 Å². The van der Waals surface area contributed by atoms with E-state index in [9.17, 15) is 19.2 Å². The molecular formula is C15H22N2O6. The first-order valence-corrected chi connectivity index (χ1v) is 7.14. The molecule has 128 valence electrons. The molecule has 23 heavy (non-hydrogen) atoms. The highest BCUT2D eigenvalue weighted by molar-refractivity contribution is 6.12. The van der Waals surface area contributed by atoms with Gasteiger partial charge in [0, 0.05) is 11.1 Å². The van der Waals surface area contributed by atoms with Gasteiger partial charge in [0.2, 0.25) is 0 Å². The first-order valence-electron chi connectivity index (χ1n) is 7.14. The van der Waals surface area contributed by atoms with Gasteiger partial charge in [0.15, 0.2) is 0 Å². The van der Waals surface area contributed by atoms with E-state index in [2.05, 4.69) is 5.32 Å². The summed E-state index contributed by atoms with van der Waals surface area (Å²) >= 11 is 0. The molecule has 0 aromatic carbocycles. The number of aliphatic carboxylic acids is 1. The van der Waals surface area contributed by atoms with Crippen molar-refractivity contribution in [3.63, 3.8) is 0 Å². The number of carboxylic acid groups (broad SMARTS) is 1. The summed E-state index contributed by atoms with van der Waals surface area (Å²) in [6, 6.07) is -1.45. The number of ether oxygens (including phenoxy) is 1. The molecule has 0 aromatic rings. The molecule has 1 saturated heterocycles. The van der Waals surface area contributed by atoms with Gasteiger partial charge >= 0.3 is 12.1 Å². The molecule has 1 aliphatic heterocycles. The minimum absolute atomic E-state index is 0.0200. The average Bonchev–Trinajstić information content (AvgIpc) is 2.41. The molecule has 1 rings (SSSR count). The maximum atomic E-state index is 12.2. The molecule has 0 bridgehead atoms. The molecule has 2 N–H and O–H groups in total. The normalized spacial score (nSPS) is 22.0. The maximum Gasteiger partial charge on any atom is 0.408 e. The molecule has 1 aliphatic rings. The Morgan fingerprint density at radius 3 is 2.09 bits per heavy atom. The van der Waals surface area contributed by atoms with Crippen molar-refractivity contribution in [2.75, 3.05) is 0 Å². The van der Waals surface area contributed by atoms with Crippen molar-refractivity contribution in [2.24, 2.45) is 0 Å². The lowest BCUT2D eigenvalue weighted by Gasteiger charge is -2.44. The van der Waals surface area contributed by atoms with Crippen LogP contribution in [0.4, 0.5) is 4.79 Å². The standard InChI is InChI=1S/C15H22N2O6/c1-7(8(2)13(20)21)11(18)17-9(3)10(12(17)19)16-14(22)23-15(4,5)6/h9-10H,1-6H3,(H,16,22)(H,20,21)/b8-7-/t9?,10-/m0/s1. The lowest BCUT2D eigenvalue weighted by Crippen LogP contribution is -2.71. The van der Waals surface area contributed by atoms with Crippen LogP contribution in [0, 0.1) is 0 Å². The largest absolute Gasteiger partial charge is 0.478 e. The number of nitrogens with zero attached hydrogens (tertiary/aromatic N) is 1. The Kier molecular flexibility index (Phi) is 5.19. The van der Waals surface area contributed by atoms with Crippen molar-refractivity contribution >= 4 is 23.9 Å². The molecule has 0 saturated carbocycles. The van der Waals surface area contributed by atoms with Gasteiger partial charge in [-0.25, -0.2) is 9.59 Å². The number of amides is 3. The van der Waals surface area contributed by atoms with E-state index in [1.54, 1.807) is 27.7 Å². The van der Waals surface area contributed by atoms with Gasteiger partial charge in [-0.1, -0.05) is 0 Å². The van der Waals surface area contributed by atoms with Crippen molar-refractivity contribution < 1.29 is 29.0 Å². The monoisotopic (exact) mass is 326 g/mol. The number of hydrogen-bond acceptors (Lipinski definition) is 5. The SMILES string of the molecule is C/C(C(=O)O)=C(\C)C(=O)N1C(=O)[C@@H](NC(=O)OC(C)(C)C)C1C. The lowest BCUT2D eigenvalue weighted by molar-refractivity contribution is -0.159. The van der Waals surface area contributed by atoms with Crippen molar-refractivity contribution in [1.29, 1.82) is 0 Å². The molecule has 2 atom stereocenters. The fraction of sp³-hybridized carbons (Fsp3) is 0.600. The Labute approximate surface area is 134 Å². The molecule has 8 nitrogen and oxygen atoms in total. The number of β-lactam (4-membered cyclic amide) rings is 1. The molecule has 3 amide bonds. The molecule has 1 unspecified atom stereocenters. The van der Waals surface area contributed by atoms with Crippen LogP contribution in [0.15, 0.2) is 11.1 Å². The summed E-state index contributed by atoms with van der Waals surface area (Å²) in [5.41, 5.74) is -0.847. The Hall–Kier alpha value is -2.38. The second-order valence-electron chi connectivity index (χ2n) is 6.43. The maximum absolute atomic E-state index is 12.2. The van der Waals surface area contributed by atoms with E-state index < -0.39 is 41.6 Å². The van der Waals surface area contributed by atoms with Crippen LogP contribution in [-0.2, 0) is 19.1 Å². The van der Waals surface area contributed by atoms with E-state index in [1.165, 1.54) is 13.8 Å². The van der Waals surface area contributed by atoms with E-state index in [-0.39, 0.29) is 11.1 Å². The summed E-state index contributed by atoms with van der Waals surface area (Å²) in [4.78, 5) is 47.8. The van der Waals surface area contributed by atoms with Gasteiger partial charge in [0.1, 0.15) is 11.6 Å². The highest BCUT2D eigenvalue weighted by Crippen LogP contribution is 2.23. The van der Waals surface area contributed by atoms with Gasteiger partial charge in [0.05, 0.1) is 6.04 Å². The second kappa shape index (κ2) is 6.39. The van der Waals surface area contributed by atoms with Crippen LogP contribution in [0.5, 0.6) is 0 Å². The zero-order valence-electron chi connectivity index (χ0n) is 14.1. The molecule has 0 spiro atoms. The van der Waals surface area contributed by atoms with E-state index in [0.29, 0.717) is 0 Å². The van der Waals surface area contributed by atoms with E-state index in [4.69, 9.17) is 9.84 Å². The fourth-order valence-electron chi connectivity index (χ4n) is 2.03. The van der Waals surface area contributed by atoms with Gasteiger partial charge in [-0.2, -0.15) is 0 Å². The number of carboxylic acids is 1. The molecule has 1 fully saturated rings. The van der Waals surface area contributed by atoms with Gasteiger partial charge in [0.25, 0.3) is 11.8 Å². The third-order valence-electron chi connectivity index (χ3n) is 3.49. The first kappa shape index (κ1) is 18.7. The van der Waals surface area contributed by atoms with Gasteiger partial charge in [-0.15, -0.1) is 0 Å². The summed E-state index contributed by atoms with van der Waals surface area (Å²) in [6.07, 6.45) is -0.747. The highest BCUT2D eigenvalue weighted by atomic mass is 16.6. The molecule has 0 aromatic heterocycles. The smallest absolute Gasteiger partial charge is 0.408 e. The zero-order chi connectivity index (χ0) is 18.1. The van der Waals surface area contributed by atoms with Crippen LogP contribution in [0.1, 0.15) is 41.5 Å². The van der Waals surface area contributed by atoms with Crippen molar-refractivity contribution in [1.82, 2.24) is 10.2 Å². The number of alkyl carbamates (subject to hydrolysis) is 1. The minimum atomic E-state index is -1.22. The van der Waals surface area contributed by atoms with Crippen LogP contribution in [0.25, 0.3) is 0 Å². The highest BCUT2D eigenvalue weighted by Gasteiger charge is 2.49. The van der Waals surface area contributed by atoms with Gasteiger partial charge < -0.3 is 15.2 Å². The lowest BCUT2D eigenvalue weighted by atomic mass is 9.95. The van der Waals surface area contributed by atoms with E-state index >= 15 is 0 Å². The number of nitrogens with one attached hydrogen (secondary N) is 1. The van der Waals surface area contributed by atoms with Gasteiger partial charge in [-0.05, 0) is 41.5 Å². The quantitative estimate of drug-likeness (QED) is 0.592. The summed E-state index contributed by atoms with van der Waals surface area (Å²) < 4.78 is 5.06. The predicted octanol–water partition coefficient (Wildman–Crippen LogP) is 1.06. The summed E-state index contributed by atoms with van der Waals surface area (Å²) in [5, 5.41) is 11.3. The van der Waals surface area contributed by atoms with Crippen LogP contribution in [-0.4, -0.2) is 51.6 Å². The third-order valence-corrected chi connectivity index (χ3v) is 3.49. The van der Waals surface area contributed by atoms with Gasteiger partial charge in [-0.3, -0.25) is 14.5 Å². The first-order chi connectivity index (χ1) is 10.4. The predicted molar refractivity (Wildman–Crippen MR) is 80.5 cm³/mol. The van der Waals surface area contributed by atoms with Crippen LogP contribution in [0.3, 0.4) is 0 Å². The Morgan fingerprint density at radius 2 is 1.70 bits per heavy atom. The molecular weight excluding hydrogens is 304 g/mol. The van der Waals surface area contributed by atoms with E-state index in [0.717, 1.165) is 4.90 Å². The van der Waals surface area contributed by atoms with E-state index in [1.807, 2.05) is 0 Å². The Bertz CT molecular complexity index is 587. The Morgan fingerprint density at radius 1 is 1.17 bits per heavy atom. The summed E-state index contributed by atoms with van der Waals surface area (Å²) in [6.45, 7) is 9.30. The molecule has 1 heterocycles. The molecule has 0 aliphatic carbocycles. The summed E-state index contributed by atoms with van der Waals surface area (Å²) in [7, 11) is 0. The second-order valence-corrected chi connectivity index (χ2v) is 6.43. The number of imide groups is 1. The number of carbonyl (C=O) groups is 4. The number of carbonyl (C=O) groups excluding carboxylic acids is 3. The number of likely N-dealkylation sites (tertiary alicyclic amines) is 1. The number of rotatable bonds is 3. The third kappa shape index (κ3) is 4.08. The Balaban J connectivity index is 2.78. The van der Waals surface area contributed by atoms with Crippen molar-refractivity contribution in [3.8, 4) is 0 Å². The van der Waals surface area contributed by atoms with Crippen LogP contribution >= 0.6 is 0 Å². The van der Waals surface area contributed by atoms with Crippen LogP contribution in [0.2, 0.25) is 0 Å². The molecule has 8 heteroatoms.